The monoisotopic (exact) mass is 327 g/mol. The Labute approximate surface area is 138 Å². The summed E-state index contributed by atoms with van der Waals surface area (Å²) in [6, 6.07) is 12.1. The first-order chi connectivity index (χ1) is 11.6. The van der Waals surface area contributed by atoms with Gasteiger partial charge in [0, 0.05) is 24.7 Å². The molecule has 24 heavy (non-hydrogen) atoms. The number of aliphatic carboxylic acids is 1. The van der Waals surface area contributed by atoms with E-state index in [-0.39, 0.29) is 11.6 Å². The smallest absolute Gasteiger partial charge is 0.306 e. The highest BCUT2D eigenvalue weighted by molar-refractivity contribution is 5.72. The van der Waals surface area contributed by atoms with E-state index in [0.29, 0.717) is 43.0 Å². The molecular weight excluding hydrogens is 310 g/mol. The second kappa shape index (κ2) is 6.66. The molecular formula is C17H17N3O4. The molecule has 1 fully saturated rings. The lowest BCUT2D eigenvalue weighted by molar-refractivity contribution is -0.384. The van der Waals surface area contributed by atoms with Crippen molar-refractivity contribution in [3.8, 4) is 11.3 Å². The van der Waals surface area contributed by atoms with Gasteiger partial charge in [0.25, 0.3) is 5.69 Å². The van der Waals surface area contributed by atoms with Crippen molar-refractivity contribution in [2.45, 2.75) is 12.8 Å². The fourth-order valence-corrected chi connectivity index (χ4v) is 2.93. The molecule has 1 saturated heterocycles. The number of piperidine rings is 1. The highest BCUT2D eigenvalue weighted by atomic mass is 16.6. The Morgan fingerprint density at radius 1 is 1.17 bits per heavy atom. The van der Waals surface area contributed by atoms with Crippen LogP contribution in [0.5, 0.6) is 0 Å². The van der Waals surface area contributed by atoms with Crippen molar-refractivity contribution >= 4 is 17.5 Å². The van der Waals surface area contributed by atoms with Gasteiger partial charge in [-0.05, 0) is 18.9 Å². The van der Waals surface area contributed by atoms with Crippen LogP contribution in [0.2, 0.25) is 0 Å². The van der Waals surface area contributed by atoms with E-state index in [2.05, 4.69) is 4.98 Å². The number of pyridine rings is 1. The third kappa shape index (κ3) is 3.19. The second-order valence-electron chi connectivity index (χ2n) is 5.76. The molecule has 2 heterocycles. The van der Waals surface area contributed by atoms with Crippen LogP contribution in [0.4, 0.5) is 11.5 Å². The second-order valence-corrected chi connectivity index (χ2v) is 5.76. The third-order valence-electron chi connectivity index (χ3n) is 4.27. The van der Waals surface area contributed by atoms with Crippen molar-refractivity contribution in [2.75, 3.05) is 18.0 Å². The molecule has 1 aliphatic rings. The summed E-state index contributed by atoms with van der Waals surface area (Å²) in [5, 5.41) is 20.4. The summed E-state index contributed by atoms with van der Waals surface area (Å²) in [6.45, 7) is 1.16. The van der Waals surface area contributed by atoms with Gasteiger partial charge < -0.3 is 10.0 Å². The molecule has 0 amide bonds. The lowest BCUT2D eigenvalue weighted by Crippen LogP contribution is -2.36. The molecule has 7 nitrogen and oxygen atoms in total. The van der Waals surface area contributed by atoms with Gasteiger partial charge in [0.05, 0.1) is 10.8 Å². The molecule has 0 spiro atoms. The van der Waals surface area contributed by atoms with E-state index in [9.17, 15) is 14.9 Å². The van der Waals surface area contributed by atoms with Gasteiger partial charge in [-0.2, -0.15) is 0 Å². The zero-order valence-electron chi connectivity index (χ0n) is 13.0. The Morgan fingerprint density at radius 2 is 1.83 bits per heavy atom. The van der Waals surface area contributed by atoms with Crippen molar-refractivity contribution in [3.05, 3.63) is 52.6 Å². The standard InChI is InChI=1S/C17H17N3O4/c21-17(22)13-8-10-19(11-9-13)15-7-6-14(20(23)24)16(18-15)12-4-2-1-3-5-12/h1-7,13H,8-11H2,(H,21,22). The van der Waals surface area contributed by atoms with Crippen molar-refractivity contribution < 1.29 is 14.8 Å². The molecule has 0 bridgehead atoms. The molecule has 1 N–H and O–H groups in total. The summed E-state index contributed by atoms with van der Waals surface area (Å²) in [6.07, 6.45) is 1.10. The summed E-state index contributed by atoms with van der Waals surface area (Å²) in [5.74, 6) is -0.451. The van der Waals surface area contributed by atoms with Gasteiger partial charge in [-0.3, -0.25) is 14.9 Å². The first-order valence-electron chi connectivity index (χ1n) is 7.75. The van der Waals surface area contributed by atoms with Crippen molar-refractivity contribution in [3.63, 3.8) is 0 Å². The highest BCUT2D eigenvalue weighted by Gasteiger charge is 2.26. The van der Waals surface area contributed by atoms with E-state index in [1.54, 1.807) is 18.2 Å². The lowest BCUT2D eigenvalue weighted by Gasteiger charge is -2.31. The summed E-state index contributed by atoms with van der Waals surface area (Å²) in [4.78, 5) is 28.4. The van der Waals surface area contributed by atoms with Gasteiger partial charge in [0.2, 0.25) is 0 Å². The Hall–Kier alpha value is -2.96. The highest BCUT2D eigenvalue weighted by Crippen LogP contribution is 2.31. The fourth-order valence-electron chi connectivity index (χ4n) is 2.93. The van der Waals surface area contributed by atoms with Crippen LogP contribution in [-0.4, -0.2) is 34.1 Å². The molecule has 2 aromatic rings. The van der Waals surface area contributed by atoms with E-state index < -0.39 is 10.9 Å². The van der Waals surface area contributed by atoms with Crippen LogP contribution in [0.15, 0.2) is 42.5 Å². The predicted molar refractivity (Wildman–Crippen MR) is 88.9 cm³/mol. The molecule has 7 heteroatoms. The first-order valence-corrected chi connectivity index (χ1v) is 7.75. The number of nitro groups is 1. The molecule has 1 aromatic carbocycles. The number of carboxylic acid groups (broad SMARTS) is 1. The Kier molecular flexibility index (Phi) is 4.41. The summed E-state index contributed by atoms with van der Waals surface area (Å²) < 4.78 is 0. The molecule has 0 saturated carbocycles. The van der Waals surface area contributed by atoms with Gasteiger partial charge in [-0.25, -0.2) is 4.98 Å². The predicted octanol–water partition coefficient (Wildman–Crippen LogP) is 2.96. The summed E-state index contributed by atoms with van der Waals surface area (Å²) in [5.41, 5.74) is 0.982. The number of hydrogen-bond acceptors (Lipinski definition) is 5. The topological polar surface area (TPSA) is 96.6 Å². The largest absolute Gasteiger partial charge is 0.481 e. The fraction of sp³-hybridized carbons (Fsp3) is 0.294. The van der Waals surface area contributed by atoms with E-state index in [4.69, 9.17) is 5.11 Å². The first kappa shape index (κ1) is 15.9. The van der Waals surface area contributed by atoms with Gasteiger partial charge in [0.1, 0.15) is 5.82 Å². The quantitative estimate of drug-likeness (QED) is 0.685. The van der Waals surface area contributed by atoms with E-state index in [1.807, 2.05) is 23.1 Å². The maximum Gasteiger partial charge on any atom is 0.306 e. The van der Waals surface area contributed by atoms with E-state index in [1.165, 1.54) is 6.07 Å². The molecule has 1 aliphatic heterocycles. The van der Waals surface area contributed by atoms with Crippen molar-refractivity contribution in [1.29, 1.82) is 0 Å². The zero-order chi connectivity index (χ0) is 17.1. The normalized spacial score (nSPS) is 15.2. The zero-order valence-corrected chi connectivity index (χ0v) is 13.0. The average molecular weight is 327 g/mol. The van der Waals surface area contributed by atoms with E-state index >= 15 is 0 Å². The third-order valence-corrected chi connectivity index (χ3v) is 4.27. The van der Waals surface area contributed by atoms with Crippen molar-refractivity contribution in [1.82, 2.24) is 4.98 Å². The number of nitrogens with zero attached hydrogens (tertiary/aromatic N) is 3. The van der Waals surface area contributed by atoms with Gasteiger partial charge in [-0.15, -0.1) is 0 Å². The number of rotatable bonds is 4. The molecule has 0 radical (unpaired) electrons. The van der Waals surface area contributed by atoms with Gasteiger partial charge >= 0.3 is 5.97 Å². The maximum atomic E-state index is 11.3. The van der Waals surface area contributed by atoms with Crippen LogP contribution in [0, 0.1) is 16.0 Å². The van der Waals surface area contributed by atoms with E-state index in [0.717, 1.165) is 0 Å². The molecule has 124 valence electrons. The Bertz CT molecular complexity index is 756. The van der Waals surface area contributed by atoms with Crippen LogP contribution in [0.25, 0.3) is 11.3 Å². The van der Waals surface area contributed by atoms with Crippen LogP contribution in [0.1, 0.15) is 12.8 Å². The molecule has 0 atom stereocenters. The SMILES string of the molecule is O=C(O)C1CCN(c2ccc([N+](=O)[O-])c(-c3ccccc3)n2)CC1. The van der Waals surface area contributed by atoms with Crippen LogP contribution in [0.3, 0.4) is 0 Å². The molecule has 0 aliphatic carbocycles. The summed E-state index contributed by atoms with van der Waals surface area (Å²) in [7, 11) is 0. The Balaban J connectivity index is 1.91. The molecule has 0 unspecified atom stereocenters. The average Bonchev–Trinajstić information content (AvgIpc) is 2.62. The minimum atomic E-state index is -0.767. The van der Waals surface area contributed by atoms with Gasteiger partial charge in [-0.1, -0.05) is 30.3 Å². The van der Waals surface area contributed by atoms with Crippen molar-refractivity contribution in [2.24, 2.45) is 5.92 Å². The molecule has 1 aromatic heterocycles. The number of anilines is 1. The number of carboxylic acids is 1. The number of carbonyl (C=O) groups is 1. The number of benzene rings is 1. The van der Waals surface area contributed by atoms with Gasteiger partial charge in [0.15, 0.2) is 5.69 Å². The van der Waals surface area contributed by atoms with Crippen LogP contribution in [-0.2, 0) is 4.79 Å². The maximum absolute atomic E-state index is 11.3. The summed E-state index contributed by atoms with van der Waals surface area (Å²) >= 11 is 0. The minimum Gasteiger partial charge on any atom is -0.481 e. The Morgan fingerprint density at radius 3 is 2.42 bits per heavy atom. The number of aromatic nitrogens is 1. The minimum absolute atomic E-state index is 0.0367. The van der Waals surface area contributed by atoms with Crippen LogP contribution >= 0.6 is 0 Å². The van der Waals surface area contributed by atoms with Crippen LogP contribution < -0.4 is 4.90 Å². The lowest BCUT2D eigenvalue weighted by atomic mass is 9.97. The molecule has 3 rings (SSSR count). The number of hydrogen-bond donors (Lipinski definition) is 1.